The van der Waals surface area contributed by atoms with Crippen LogP contribution in [-0.2, 0) is 9.59 Å². The number of piperidine rings is 1. The second-order valence-electron chi connectivity index (χ2n) is 5.67. The molecule has 7 nitrogen and oxygen atoms in total. The van der Waals surface area contributed by atoms with Gasteiger partial charge in [-0.1, -0.05) is 0 Å². The van der Waals surface area contributed by atoms with E-state index in [0.29, 0.717) is 26.1 Å². The van der Waals surface area contributed by atoms with Gasteiger partial charge in [-0.15, -0.1) is 0 Å². The first-order valence-corrected chi connectivity index (χ1v) is 7.57. The molecule has 2 heterocycles. The van der Waals surface area contributed by atoms with E-state index in [-0.39, 0.29) is 11.8 Å². The highest BCUT2D eigenvalue weighted by atomic mass is 16.4. The van der Waals surface area contributed by atoms with Crippen molar-refractivity contribution in [3.63, 3.8) is 0 Å². The highest BCUT2D eigenvalue weighted by Gasteiger charge is 2.34. The first-order chi connectivity index (χ1) is 10.0. The van der Waals surface area contributed by atoms with Gasteiger partial charge in [-0.25, -0.2) is 4.79 Å². The van der Waals surface area contributed by atoms with Crippen LogP contribution in [0.1, 0.15) is 32.6 Å². The molecule has 0 spiro atoms. The average Bonchev–Trinajstić information content (AvgIpc) is 2.49. The molecule has 1 atom stereocenters. The van der Waals surface area contributed by atoms with Gasteiger partial charge in [0.25, 0.3) is 0 Å². The molecule has 0 saturated carbocycles. The number of rotatable bonds is 3. The minimum Gasteiger partial charge on any atom is -0.465 e. The summed E-state index contributed by atoms with van der Waals surface area (Å²) >= 11 is 0. The Kier molecular flexibility index (Phi) is 5.03. The fourth-order valence-electron chi connectivity index (χ4n) is 2.95. The number of hydrogen-bond acceptors (Lipinski definition) is 3. The lowest BCUT2D eigenvalue weighted by molar-refractivity contribution is -0.141. The summed E-state index contributed by atoms with van der Waals surface area (Å²) in [7, 11) is 0. The maximum Gasteiger partial charge on any atom is 0.408 e. The maximum absolute atomic E-state index is 12.1. The Morgan fingerprint density at radius 3 is 2.43 bits per heavy atom. The number of piperazine rings is 1. The second-order valence-corrected chi connectivity index (χ2v) is 5.67. The lowest BCUT2D eigenvalue weighted by Crippen LogP contribution is -2.57. The van der Waals surface area contributed by atoms with E-state index in [4.69, 9.17) is 5.11 Å². The topological polar surface area (TPSA) is 81.2 Å². The highest BCUT2D eigenvalue weighted by Crippen LogP contribution is 2.14. The van der Waals surface area contributed by atoms with Crippen LogP contribution in [0, 0.1) is 0 Å². The Bertz CT molecular complexity index is 420. The summed E-state index contributed by atoms with van der Waals surface area (Å²) in [5.74, 6) is -0.120. The Labute approximate surface area is 124 Å². The predicted molar refractivity (Wildman–Crippen MR) is 75.8 cm³/mol. The van der Waals surface area contributed by atoms with Crippen LogP contribution in [0.15, 0.2) is 0 Å². The van der Waals surface area contributed by atoms with Gasteiger partial charge in [-0.2, -0.15) is 0 Å². The molecule has 3 amide bonds. The number of amides is 3. The maximum atomic E-state index is 12.1. The van der Waals surface area contributed by atoms with Crippen LogP contribution in [0.25, 0.3) is 0 Å². The van der Waals surface area contributed by atoms with E-state index in [0.717, 1.165) is 30.8 Å². The van der Waals surface area contributed by atoms with Crippen molar-refractivity contribution in [2.45, 2.75) is 38.6 Å². The highest BCUT2D eigenvalue weighted by molar-refractivity contribution is 5.86. The molecule has 2 rings (SSSR count). The third kappa shape index (κ3) is 3.65. The summed E-state index contributed by atoms with van der Waals surface area (Å²) < 4.78 is 0. The van der Waals surface area contributed by atoms with Gasteiger partial charge in [-0.3, -0.25) is 14.5 Å². The molecule has 2 fully saturated rings. The number of hydrogen-bond donors (Lipinski definition) is 1. The molecule has 0 unspecified atom stereocenters. The molecule has 2 aliphatic heterocycles. The molecule has 0 aromatic carbocycles. The fraction of sp³-hybridized carbons (Fsp3) is 0.786. The molecular formula is C14H23N3O4. The van der Waals surface area contributed by atoms with Crippen LogP contribution in [0.5, 0.6) is 0 Å². The van der Waals surface area contributed by atoms with Crippen molar-refractivity contribution in [2.75, 3.05) is 32.7 Å². The molecule has 0 radical (unpaired) electrons. The molecule has 7 heteroatoms. The van der Waals surface area contributed by atoms with Crippen molar-refractivity contribution in [1.82, 2.24) is 14.7 Å². The van der Waals surface area contributed by atoms with Crippen LogP contribution in [0.3, 0.4) is 0 Å². The van der Waals surface area contributed by atoms with Crippen LogP contribution in [-0.4, -0.2) is 76.5 Å². The summed E-state index contributed by atoms with van der Waals surface area (Å²) in [5.41, 5.74) is 0. The summed E-state index contributed by atoms with van der Waals surface area (Å²) in [6.07, 6.45) is 2.54. The van der Waals surface area contributed by atoms with Gasteiger partial charge in [0.1, 0.15) is 6.04 Å². The summed E-state index contributed by atoms with van der Waals surface area (Å²) in [6.45, 7) is 4.27. The summed E-state index contributed by atoms with van der Waals surface area (Å²) in [6, 6.07) is -0.665. The van der Waals surface area contributed by atoms with Crippen molar-refractivity contribution >= 4 is 17.9 Å². The van der Waals surface area contributed by atoms with Crippen molar-refractivity contribution < 1.29 is 19.5 Å². The molecule has 21 heavy (non-hydrogen) atoms. The van der Waals surface area contributed by atoms with E-state index in [1.54, 1.807) is 11.8 Å². The van der Waals surface area contributed by atoms with Gasteiger partial charge in [0.15, 0.2) is 0 Å². The largest absolute Gasteiger partial charge is 0.465 e. The van der Waals surface area contributed by atoms with E-state index >= 15 is 0 Å². The molecule has 0 bridgehead atoms. The molecule has 118 valence electrons. The van der Waals surface area contributed by atoms with E-state index in [9.17, 15) is 14.4 Å². The lowest BCUT2D eigenvalue weighted by Gasteiger charge is -2.37. The molecule has 0 aliphatic carbocycles. The number of carbonyl (C=O) groups is 3. The zero-order valence-corrected chi connectivity index (χ0v) is 12.5. The molecule has 0 aromatic rings. The zero-order valence-electron chi connectivity index (χ0n) is 12.5. The van der Waals surface area contributed by atoms with Gasteiger partial charge >= 0.3 is 6.09 Å². The first-order valence-electron chi connectivity index (χ1n) is 7.57. The first kappa shape index (κ1) is 15.6. The average molecular weight is 297 g/mol. The normalized spacial score (nSPS) is 23.4. The molecule has 2 aliphatic rings. The second kappa shape index (κ2) is 6.78. The number of nitrogens with zero attached hydrogens (tertiary/aromatic N) is 3. The van der Waals surface area contributed by atoms with Crippen molar-refractivity contribution in [2.24, 2.45) is 0 Å². The summed E-state index contributed by atoms with van der Waals surface area (Å²) in [5, 5.41) is 9.00. The van der Waals surface area contributed by atoms with Gasteiger partial charge in [-0.05, 0) is 26.2 Å². The quantitative estimate of drug-likeness (QED) is 0.827. The van der Waals surface area contributed by atoms with E-state index in [1.807, 2.05) is 4.90 Å². The van der Waals surface area contributed by atoms with Crippen LogP contribution in [0.4, 0.5) is 4.79 Å². The van der Waals surface area contributed by atoms with E-state index in [1.165, 1.54) is 6.42 Å². The third-order valence-corrected chi connectivity index (χ3v) is 4.30. The minimum atomic E-state index is -1.07. The van der Waals surface area contributed by atoms with Crippen molar-refractivity contribution in [3.8, 4) is 0 Å². The Hall–Kier alpha value is -1.79. The number of carbonyl (C=O) groups excluding carboxylic acids is 2. The monoisotopic (exact) mass is 297 g/mol. The smallest absolute Gasteiger partial charge is 0.408 e. The fourth-order valence-corrected chi connectivity index (χ4v) is 2.95. The summed E-state index contributed by atoms with van der Waals surface area (Å²) in [4.78, 5) is 39.8. The predicted octanol–water partition coefficient (Wildman–Crippen LogP) is 0.600. The SMILES string of the molecule is C[C@H]1C(=O)N(CCC(=O)N2CCCCC2)CCN1C(=O)O. The Morgan fingerprint density at radius 2 is 1.81 bits per heavy atom. The van der Waals surface area contributed by atoms with Crippen molar-refractivity contribution in [1.29, 1.82) is 0 Å². The van der Waals surface area contributed by atoms with Crippen molar-refractivity contribution in [3.05, 3.63) is 0 Å². The van der Waals surface area contributed by atoms with Crippen LogP contribution >= 0.6 is 0 Å². The van der Waals surface area contributed by atoms with Crippen LogP contribution in [0.2, 0.25) is 0 Å². The third-order valence-electron chi connectivity index (χ3n) is 4.30. The molecule has 2 saturated heterocycles. The number of carboxylic acid groups (broad SMARTS) is 1. The van der Waals surface area contributed by atoms with Gasteiger partial charge < -0.3 is 14.9 Å². The Balaban J connectivity index is 1.82. The molecular weight excluding hydrogens is 274 g/mol. The molecule has 0 aromatic heterocycles. The van der Waals surface area contributed by atoms with E-state index < -0.39 is 12.1 Å². The number of likely N-dealkylation sites (tertiary alicyclic amines) is 1. The van der Waals surface area contributed by atoms with Gasteiger partial charge in [0.2, 0.25) is 11.8 Å². The van der Waals surface area contributed by atoms with E-state index in [2.05, 4.69) is 0 Å². The van der Waals surface area contributed by atoms with Crippen LogP contribution < -0.4 is 0 Å². The minimum absolute atomic E-state index is 0.0933. The molecule has 1 N–H and O–H groups in total. The zero-order chi connectivity index (χ0) is 15.4. The lowest BCUT2D eigenvalue weighted by atomic mass is 10.1. The Morgan fingerprint density at radius 1 is 1.14 bits per heavy atom. The van der Waals surface area contributed by atoms with Gasteiger partial charge in [0, 0.05) is 39.1 Å². The van der Waals surface area contributed by atoms with Gasteiger partial charge in [0.05, 0.1) is 0 Å². The standard InChI is InChI=1S/C14H23N3O4/c1-11-13(19)16(9-10-17(11)14(20)21)8-5-12(18)15-6-3-2-4-7-15/h11H,2-10H2,1H3,(H,20,21)/t11-/m0/s1.